The van der Waals surface area contributed by atoms with Gasteiger partial charge in [0.2, 0.25) is 11.1 Å². The van der Waals surface area contributed by atoms with E-state index in [4.69, 9.17) is 11.6 Å². The number of anilines is 1. The van der Waals surface area contributed by atoms with Gasteiger partial charge in [0, 0.05) is 12.6 Å². The first kappa shape index (κ1) is 12.0. The van der Waals surface area contributed by atoms with Gasteiger partial charge in [0.1, 0.15) is 6.20 Å². The molecule has 1 aliphatic carbocycles. The predicted molar refractivity (Wildman–Crippen MR) is 64.4 cm³/mol. The normalized spacial score (nSPS) is 14.7. The zero-order valence-electron chi connectivity index (χ0n) is 9.47. The molecule has 6 nitrogen and oxygen atoms in total. The largest absolute Gasteiger partial charge is 0.348 e. The molecule has 2 rings (SSSR count). The van der Waals surface area contributed by atoms with E-state index >= 15 is 0 Å². The van der Waals surface area contributed by atoms with Crippen LogP contribution in [0.25, 0.3) is 0 Å². The van der Waals surface area contributed by atoms with Crippen molar-refractivity contribution in [3.05, 3.63) is 21.6 Å². The van der Waals surface area contributed by atoms with Gasteiger partial charge in [-0.1, -0.05) is 6.92 Å². The first-order valence-corrected chi connectivity index (χ1v) is 5.95. The Balaban J connectivity index is 2.39. The molecule has 92 valence electrons. The quantitative estimate of drug-likeness (QED) is 0.460. The number of nitrogens with zero attached hydrogens (tertiary/aromatic N) is 4. The molecule has 1 aromatic heterocycles. The second-order valence-electron chi connectivity index (χ2n) is 4.03. The Morgan fingerprint density at radius 2 is 2.35 bits per heavy atom. The van der Waals surface area contributed by atoms with Crippen LogP contribution < -0.4 is 4.90 Å². The zero-order chi connectivity index (χ0) is 12.4. The maximum Gasteiger partial charge on any atom is 0.329 e. The Kier molecular flexibility index (Phi) is 3.42. The molecular weight excluding hydrogens is 244 g/mol. The number of hydrogen-bond donors (Lipinski definition) is 0. The number of halogens is 1. The maximum absolute atomic E-state index is 10.9. The van der Waals surface area contributed by atoms with Gasteiger partial charge in [0.15, 0.2) is 0 Å². The van der Waals surface area contributed by atoms with Gasteiger partial charge in [0.25, 0.3) is 0 Å². The second-order valence-corrected chi connectivity index (χ2v) is 4.37. The summed E-state index contributed by atoms with van der Waals surface area (Å²) < 4.78 is 0. The van der Waals surface area contributed by atoms with E-state index in [9.17, 15) is 10.1 Å². The van der Waals surface area contributed by atoms with Crippen LogP contribution in [0, 0.1) is 10.1 Å². The lowest BCUT2D eigenvalue weighted by Crippen LogP contribution is -2.28. The smallest absolute Gasteiger partial charge is 0.329 e. The molecule has 0 bridgehead atoms. The summed E-state index contributed by atoms with van der Waals surface area (Å²) in [7, 11) is 0. The Hall–Kier alpha value is -1.43. The molecule has 0 spiro atoms. The highest BCUT2D eigenvalue weighted by Crippen LogP contribution is 2.35. The SMILES string of the molecule is CCCN(c1nc(Cl)ncc1[N+](=O)[O-])C1CC1. The van der Waals surface area contributed by atoms with Gasteiger partial charge in [0.05, 0.1) is 4.92 Å². The summed E-state index contributed by atoms with van der Waals surface area (Å²) >= 11 is 5.72. The number of hydrogen-bond acceptors (Lipinski definition) is 5. The molecule has 1 heterocycles. The number of rotatable bonds is 5. The number of nitro groups is 1. The van der Waals surface area contributed by atoms with Gasteiger partial charge in [-0.15, -0.1) is 0 Å². The van der Waals surface area contributed by atoms with Gasteiger partial charge in [-0.05, 0) is 30.9 Å². The van der Waals surface area contributed by atoms with Crippen LogP contribution in [0.4, 0.5) is 11.5 Å². The third kappa shape index (κ3) is 2.63. The zero-order valence-corrected chi connectivity index (χ0v) is 10.2. The summed E-state index contributed by atoms with van der Waals surface area (Å²) in [5.74, 6) is 0.347. The van der Waals surface area contributed by atoms with Crippen molar-refractivity contribution in [1.82, 2.24) is 9.97 Å². The molecule has 1 fully saturated rings. The van der Waals surface area contributed by atoms with Crippen molar-refractivity contribution < 1.29 is 4.92 Å². The molecule has 17 heavy (non-hydrogen) atoms. The van der Waals surface area contributed by atoms with E-state index in [-0.39, 0.29) is 11.0 Å². The molecule has 0 aromatic carbocycles. The van der Waals surface area contributed by atoms with Crippen LogP contribution in [0.5, 0.6) is 0 Å². The monoisotopic (exact) mass is 256 g/mol. The molecule has 0 saturated heterocycles. The van der Waals surface area contributed by atoms with Crippen molar-refractivity contribution in [1.29, 1.82) is 0 Å². The summed E-state index contributed by atoms with van der Waals surface area (Å²) in [6.45, 7) is 2.78. The highest BCUT2D eigenvalue weighted by atomic mass is 35.5. The van der Waals surface area contributed by atoms with E-state index in [1.165, 1.54) is 6.20 Å². The minimum atomic E-state index is -0.462. The molecule has 1 aromatic rings. The van der Waals surface area contributed by atoms with Crippen molar-refractivity contribution in [2.24, 2.45) is 0 Å². The average Bonchev–Trinajstić information content (AvgIpc) is 3.09. The van der Waals surface area contributed by atoms with E-state index in [1.807, 2.05) is 11.8 Å². The van der Waals surface area contributed by atoms with Crippen LogP contribution >= 0.6 is 11.6 Å². The Labute approximate surface area is 104 Å². The van der Waals surface area contributed by atoms with Crippen LogP contribution in [0.3, 0.4) is 0 Å². The fourth-order valence-corrected chi connectivity index (χ4v) is 1.90. The average molecular weight is 257 g/mol. The summed E-state index contributed by atoms with van der Waals surface area (Å²) in [5.41, 5.74) is -0.0743. The summed E-state index contributed by atoms with van der Waals surface area (Å²) in [6.07, 6.45) is 4.20. The van der Waals surface area contributed by atoms with E-state index in [0.29, 0.717) is 11.9 Å². The minimum Gasteiger partial charge on any atom is -0.348 e. The molecule has 0 atom stereocenters. The Morgan fingerprint density at radius 1 is 1.65 bits per heavy atom. The van der Waals surface area contributed by atoms with Crippen LogP contribution in [-0.4, -0.2) is 27.5 Å². The molecule has 0 radical (unpaired) electrons. The van der Waals surface area contributed by atoms with Crippen molar-refractivity contribution in [2.75, 3.05) is 11.4 Å². The van der Waals surface area contributed by atoms with E-state index in [0.717, 1.165) is 25.8 Å². The fourth-order valence-electron chi connectivity index (χ4n) is 1.77. The predicted octanol–water partition coefficient (Wildman–Crippen LogP) is 2.42. The summed E-state index contributed by atoms with van der Waals surface area (Å²) in [6, 6.07) is 0.361. The lowest BCUT2D eigenvalue weighted by atomic mass is 10.3. The van der Waals surface area contributed by atoms with Gasteiger partial charge in [-0.2, -0.15) is 4.98 Å². The Bertz CT molecular complexity index is 436. The van der Waals surface area contributed by atoms with Crippen LogP contribution in [-0.2, 0) is 0 Å². The van der Waals surface area contributed by atoms with E-state index in [2.05, 4.69) is 9.97 Å². The van der Waals surface area contributed by atoms with Crippen molar-refractivity contribution >= 4 is 23.1 Å². The molecule has 0 N–H and O–H groups in total. The fraction of sp³-hybridized carbons (Fsp3) is 0.600. The maximum atomic E-state index is 10.9. The van der Waals surface area contributed by atoms with Crippen molar-refractivity contribution in [2.45, 2.75) is 32.2 Å². The topological polar surface area (TPSA) is 72.2 Å². The molecular formula is C10H13ClN4O2. The Morgan fingerprint density at radius 3 is 2.88 bits per heavy atom. The third-order valence-electron chi connectivity index (χ3n) is 2.64. The van der Waals surface area contributed by atoms with Crippen molar-refractivity contribution in [3.8, 4) is 0 Å². The summed E-state index contributed by atoms with van der Waals surface area (Å²) in [5, 5.41) is 11.0. The van der Waals surface area contributed by atoms with Gasteiger partial charge < -0.3 is 4.90 Å². The molecule has 7 heteroatoms. The first-order chi connectivity index (χ1) is 8.13. The second kappa shape index (κ2) is 4.83. The van der Waals surface area contributed by atoms with Gasteiger partial charge >= 0.3 is 5.69 Å². The van der Waals surface area contributed by atoms with E-state index < -0.39 is 4.92 Å². The van der Waals surface area contributed by atoms with Crippen LogP contribution in [0.1, 0.15) is 26.2 Å². The molecule has 0 unspecified atom stereocenters. The minimum absolute atomic E-state index is 0.0485. The summed E-state index contributed by atoms with van der Waals surface area (Å²) in [4.78, 5) is 20.1. The van der Waals surface area contributed by atoms with E-state index in [1.54, 1.807) is 0 Å². The number of aromatic nitrogens is 2. The van der Waals surface area contributed by atoms with Crippen LogP contribution in [0.15, 0.2) is 6.20 Å². The molecule has 1 saturated carbocycles. The molecule has 0 aliphatic heterocycles. The standard InChI is InChI=1S/C10H13ClN4O2/c1-2-5-14(7-3-4-7)9-8(15(16)17)6-12-10(11)13-9/h6-7H,2-5H2,1H3. The lowest BCUT2D eigenvalue weighted by molar-refractivity contribution is -0.384. The lowest BCUT2D eigenvalue weighted by Gasteiger charge is -2.22. The van der Waals surface area contributed by atoms with Gasteiger partial charge in [-0.25, -0.2) is 4.98 Å². The van der Waals surface area contributed by atoms with Crippen LogP contribution in [0.2, 0.25) is 5.28 Å². The molecule has 1 aliphatic rings. The van der Waals surface area contributed by atoms with Gasteiger partial charge in [-0.3, -0.25) is 10.1 Å². The highest BCUT2D eigenvalue weighted by molar-refractivity contribution is 6.28. The van der Waals surface area contributed by atoms with Crippen molar-refractivity contribution in [3.63, 3.8) is 0 Å². The molecule has 0 amide bonds. The first-order valence-electron chi connectivity index (χ1n) is 5.57. The third-order valence-corrected chi connectivity index (χ3v) is 2.82. The highest BCUT2D eigenvalue weighted by Gasteiger charge is 2.33.